The number of benzene rings is 3. The van der Waals surface area contributed by atoms with Crippen molar-refractivity contribution >= 4 is 49.3 Å². The summed E-state index contributed by atoms with van der Waals surface area (Å²) in [4.78, 5) is 18.2. The van der Waals surface area contributed by atoms with Crippen LogP contribution in [0.25, 0.3) is 22.1 Å². The van der Waals surface area contributed by atoms with E-state index in [1.54, 1.807) is 4.40 Å². The molecule has 5 aromatic rings. The first-order chi connectivity index (χ1) is 14.2. The van der Waals surface area contributed by atoms with Crippen LogP contribution >= 0.6 is 27.3 Å². The van der Waals surface area contributed by atoms with Crippen molar-refractivity contribution in [1.29, 1.82) is 0 Å². The van der Waals surface area contributed by atoms with Gasteiger partial charge in [-0.1, -0.05) is 59.9 Å². The van der Waals surface area contributed by atoms with Gasteiger partial charge >= 0.3 is 0 Å². The summed E-state index contributed by atoms with van der Waals surface area (Å²) in [5.74, 6) is 0.764. The summed E-state index contributed by atoms with van der Waals surface area (Å²) >= 11 is 4.97. The van der Waals surface area contributed by atoms with Crippen molar-refractivity contribution in [3.8, 4) is 5.75 Å². The molecule has 0 aliphatic rings. The lowest BCUT2D eigenvalue weighted by molar-refractivity contribution is 0.304. The van der Waals surface area contributed by atoms with Crippen LogP contribution in [0.2, 0.25) is 0 Å². The highest BCUT2D eigenvalue weighted by Gasteiger charge is 2.10. The van der Waals surface area contributed by atoms with Gasteiger partial charge in [0.1, 0.15) is 12.4 Å². The molecule has 6 heteroatoms. The number of hydrogen-bond acceptors (Lipinski definition) is 4. The minimum Gasteiger partial charge on any atom is -0.488 e. The second kappa shape index (κ2) is 7.46. The lowest BCUT2D eigenvalue weighted by Gasteiger charge is -2.08. The number of ether oxygens (including phenoxy) is 1. The molecule has 0 unspecified atom stereocenters. The molecule has 0 atom stereocenters. The van der Waals surface area contributed by atoms with Crippen molar-refractivity contribution in [1.82, 2.24) is 9.38 Å². The Bertz CT molecular complexity index is 1440. The van der Waals surface area contributed by atoms with Crippen molar-refractivity contribution in [2.24, 2.45) is 0 Å². The average Bonchev–Trinajstić information content (AvgIpc) is 3.24. The topological polar surface area (TPSA) is 43.6 Å². The van der Waals surface area contributed by atoms with Crippen molar-refractivity contribution in [3.05, 3.63) is 103 Å². The van der Waals surface area contributed by atoms with Gasteiger partial charge in [0.15, 0.2) is 4.96 Å². The van der Waals surface area contributed by atoms with Crippen LogP contribution in [-0.2, 0) is 6.61 Å². The van der Waals surface area contributed by atoms with Crippen molar-refractivity contribution in [3.63, 3.8) is 0 Å². The molecule has 0 saturated carbocycles. The average molecular weight is 463 g/mol. The SMILES string of the molecule is O=c1/c(=C\c2ccc(OCc3ccccc3)c(Br)c2)sc2nc3ccccc3n12. The van der Waals surface area contributed by atoms with Gasteiger partial charge in [-0.3, -0.25) is 4.79 Å². The predicted molar refractivity (Wildman–Crippen MR) is 121 cm³/mol. The molecular weight excluding hydrogens is 448 g/mol. The Hall–Kier alpha value is -2.96. The van der Waals surface area contributed by atoms with E-state index in [9.17, 15) is 4.79 Å². The van der Waals surface area contributed by atoms with Gasteiger partial charge in [0.25, 0.3) is 5.56 Å². The summed E-state index contributed by atoms with van der Waals surface area (Å²) in [7, 11) is 0. The zero-order valence-corrected chi connectivity index (χ0v) is 17.6. The van der Waals surface area contributed by atoms with Crippen LogP contribution < -0.4 is 14.8 Å². The van der Waals surface area contributed by atoms with E-state index in [2.05, 4.69) is 20.9 Å². The first kappa shape index (κ1) is 18.1. The molecule has 0 N–H and O–H groups in total. The maximum absolute atomic E-state index is 12.9. The molecule has 0 saturated heterocycles. The normalized spacial score (nSPS) is 12.1. The molecule has 3 aromatic carbocycles. The fourth-order valence-electron chi connectivity index (χ4n) is 3.22. The van der Waals surface area contributed by atoms with Crippen LogP contribution in [0, 0.1) is 0 Å². The summed E-state index contributed by atoms with van der Waals surface area (Å²) in [5.41, 5.74) is 3.67. The van der Waals surface area contributed by atoms with Crippen LogP contribution in [0.5, 0.6) is 5.75 Å². The third-order valence-electron chi connectivity index (χ3n) is 4.64. The van der Waals surface area contributed by atoms with E-state index in [-0.39, 0.29) is 5.56 Å². The monoisotopic (exact) mass is 462 g/mol. The summed E-state index contributed by atoms with van der Waals surface area (Å²) < 4.78 is 9.08. The van der Waals surface area contributed by atoms with E-state index < -0.39 is 0 Å². The maximum atomic E-state index is 12.9. The number of imidazole rings is 1. The Labute approximate surface area is 178 Å². The number of rotatable bonds is 4. The van der Waals surface area contributed by atoms with Crippen molar-refractivity contribution in [2.75, 3.05) is 0 Å². The lowest BCUT2D eigenvalue weighted by Crippen LogP contribution is -2.22. The number of aromatic nitrogens is 2. The molecule has 0 bridgehead atoms. The van der Waals surface area contributed by atoms with Gasteiger partial charge in [-0.05, 0) is 57.4 Å². The number of nitrogens with zero attached hydrogens (tertiary/aromatic N) is 2. The summed E-state index contributed by atoms with van der Waals surface area (Å²) in [6.45, 7) is 0.502. The van der Waals surface area contributed by atoms with Crippen LogP contribution in [0.15, 0.2) is 82.1 Å². The van der Waals surface area contributed by atoms with Gasteiger partial charge in [0.05, 0.1) is 20.0 Å². The Kier molecular flexibility index (Phi) is 4.66. The van der Waals surface area contributed by atoms with E-state index in [0.717, 1.165) is 32.4 Å². The first-order valence-electron chi connectivity index (χ1n) is 9.07. The molecule has 4 nitrogen and oxygen atoms in total. The van der Waals surface area contributed by atoms with Gasteiger partial charge in [-0.25, -0.2) is 9.38 Å². The fourth-order valence-corrected chi connectivity index (χ4v) is 4.72. The number of hydrogen-bond donors (Lipinski definition) is 0. The summed E-state index contributed by atoms with van der Waals surface area (Å²) in [6, 6.07) is 23.5. The predicted octanol–water partition coefficient (Wildman–Crippen LogP) is 4.80. The van der Waals surface area contributed by atoms with Crippen LogP contribution in [-0.4, -0.2) is 9.38 Å². The van der Waals surface area contributed by atoms with Gasteiger partial charge < -0.3 is 4.74 Å². The Morgan fingerprint density at radius 2 is 1.83 bits per heavy atom. The molecule has 29 heavy (non-hydrogen) atoms. The molecule has 0 fully saturated rings. The number of fused-ring (bicyclic) bond motifs is 3. The second-order valence-electron chi connectivity index (χ2n) is 6.60. The minimum absolute atomic E-state index is 0.0424. The van der Waals surface area contributed by atoms with Gasteiger partial charge in [-0.15, -0.1) is 0 Å². The maximum Gasteiger partial charge on any atom is 0.274 e. The van der Waals surface area contributed by atoms with E-state index in [1.807, 2.05) is 78.9 Å². The highest BCUT2D eigenvalue weighted by molar-refractivity contribution is 9.10. The number of halogens is 1. The van der Waals surface area contributed by atoms with Gasteiger partial charge in [-0.2, -0.15) is 0 Å². The molecule has 0 spiro atoms. The lowest BCUT2D eigenvalue weighted by atomic mass is 10.2. The molecule has 0 amide bonds. The Morgan fingerprint density at radius 3 is 2.66 bits per heavy atom. The number of thiazole rings is 1. The third-order valence-corrected chi connectivity index (χ3v) is 6.22. The Morgan fingerprint density at radius 1 is 1.03 bits per heavy atom. The molecule has 0 aliphatic carbocycles. The highest BCUT2D eigenvalue weighted by Crippen LogP contribution is 2.27. The molecule has 2 heterocycles. The highest BCUT2D eigenvalue weighted by atomic mass is 79.9. The summed E-state index contributed by atoms with van der Waals surface area (Å²) in [5, 5.41) is 0. The van der Waals surface area contributed by atoms with E-state index >= 15 is 0 Å². The molecule has 0 radical (unpaired) electrons. The molecule has 0 aliphatic heterocycles. The zero-order chi connectivity index (χ0) is 19.8. The Balaban J connectivity index is 1.47. The van der Waals surface area contributed by atoms with Crippen LogP contribution in [0.4, 0.5) is 0 Å². The molecule has 142 valence electrons. The van der Waals surface area contributed by atoms with E-state index in [1.165, 1.54) is 11.3 Å². The first-order valence-corrected chi connectivity index (χ1v) is 10.7. The molecule has 5 rings (SSSR count). The molecule has 2 aromatic heterocycles. The second-order valence-corrected chi connectivity index (χ2v) is 8.46. The van der Waals surface area contributed by atoms with Crippen LogP contribution in [0.3, 0.4) is 0 Å². The standard InChI is InChI=1S/C23H15BrN2O2S/c24-17-12-16(10-11-20(17)28-14-15-6-2-1-3-7-15)13-21-22(27)26-19-9-5-4-8-18(19)25-23(26)29-21/h1-13H,14H2/b21-13+. The van der Waals surface area contributed by atoms with Crippen molar-refractivity contribution < 1.29 is 4.74 Å². The van der Waals surface area contributed by atoms with Gasteiger partial charge in [0.2, 0.25) is 0 Å². The third kappa shape index (κ3) is 3.45. The van der Waals surface area contributed by atoms with Crippen LogP contribution in [0.1, 0.15) is 11.1 Å². The molecular formula is C23H15BrN2O2S. The van der Waals surface area contributed by atoms with Gasteiger partial charge in [0, 0.05) is 0 Å². The summed E-state index contributed by atoms with van der Waals surface area (Å²) in [6.07, 6.45) is 1.89. The minimum atomic E-state index is -0.0424. The van der Waals surface area contributed by atoms with Crippen molar-refractivity contribution in [2.45, 2.75) is 6.61 Å². The fraction of sp³-hybridized carbons (Fsp3) is 0.0435. The number of para-hydroxylation sites is 2. The largest absolute Gasteiger partial charge is 0.488 e. The zero-order valence-electron chi connectivity index (χ0n) is 15.2. The quantitative estimate of drug-likeness (QED) is 0.385. The van der Waals surface area contributed by atoms with E-state index in [0.29, 0.717) is 16.1 Å². The smallest absolute Gasteiger partial charge is 0.274 e. The van der Waals surface area contributed by atoms with E-state index in [4.69, 9.17) is 4.74 Å².